The smallest absolute Gasteiger partial charge is 0.169 e. The number of morpholine rings is 1. The van der Waals surface area contributed by atoms with Gasteiger partial charge in [-0.2, -0.15) is 0 Å². The number of hydrogen-bond acceptors (Lipinski definition) is 6. The first-order valence-electron chi connectivity index (χ1n) is 8.57. The van der Waals surface area contributed by atoms with Crippen molar-refractivity contribution in [1.29, 1.82) is 0 Å². The predicted octanol–water partition coefficient (Wildman–Crippen LogP) is 2.74. The summed E-state index contributed by atoms with van der Waals surface area (Å²) >= 11 is 0. The molecule has 0 radical (unpaired) electrons. The minimum Gasteiger partial charge on any atom is -0.490 e. The summed E-state index contributed by atoms with van der Waals surface area (Å²) in [6, 6.07) is 12.9. The van der Waals surface area contributed by atoms with Gasteiger partial charge in [-0.15, -0.1) is 0 Å². The van der Waals surface area contributed by atoms with E-state index in [4.69, 9.17) is 25.7 Å². The average molecular weight is 343 g/mol. The maximum atomic E-state index is 5.92. The first kappa shape index (κ1) is 17.4. The molecule has 25 heavy (non-hydrogen) atoms. The molecule has 1 fully saturated rings. The molecule has 3 rings (SSSR count). The van der Waals surface area contributed by atoms with Gasteiger partial charge in [0.15, 0.2) is 11.5 Å². The number of ether oxygens (including phenoxy) is 3. The Morgan fingerprint density at radius 3 is 2.48 bits per heavy atom. The summed E-state index contributed by atoms with van der Waals surface area (Å²) in [5, 5.41) is 0. The zero-order valence-electron chi connectivity index (χ0n) is 14.3. The Kier molecular flexibility index (Phi) is 5.98. The number of hydrogen-bond donors (Lipinski definition) is 2. The van der Waals surface area contributed by atoms with Crippen molar-refractivity contribution in [2.24, 2.45) is 0 Å². The van der Waals surface area contributed by atoms with Crippen molar-refractivity contribution in [3.05, 3.63) is 42.5 Å². The topological polar surface area (TPSA) is 83.0 Å². The second-order valence-electron chi connectivity index (χ2n) is 6.00. The number of nitrogens with zero attached hydrogens (tertiary/aromatic N) is 1. The lowest BCUT2D eigenvalue weighted by Crippen LogP contribution is -2.37. The van der Waals surface area contributed by atoms with Crippen molar-refractivity contribution in [3.63, 3.8) is 0 Å². The van der Waals surface area contributed by atoms with Crippen molar-refractivity contribution in [2.45, 2.75) is 6.42 Å². The molecule has 1 heterocycles. The Bertz CT molecular complexity index is 687. The van der Waals surface area contributed by atoms with Crippen LogP contribution in [0.1, 0.15) is 6.42 Å². The first-order valence-corrected chi connectivity index (χ1v) is 8.57. The van der Waals surface area contributed by atoms with E-state index in [-0.39, 0.29) is 0 Å². The molecule has 1 aliphatic heterocycles. The zero-order chi connectivity index (χ0) is 17.5. The van der Waals surface area contributed by atoms with Gasteiger partial charge in [-0.25, -0.2) is 0 Å². The summed E-state index contributed by atoms with van der Waals surface area (Å²) < 4.78 is 17.2. The Labute approximate surface area is 148 Å². The van der Waals surface area contributed by atoms with E-state index >= 15 is 0 Å². The Morgan fingerprint density at radius 1 is 0.960 bits per heavy atom. The molecule has 6 heteroatoms. The van der Waals surface area contributed by atoms with Gasteiger partial charge < -0.3 is 25.7 Å². The van der Waals surface area contributed by atoms with E-state index in [0.29, 0.717) is 29.5 Å². The average Bonchev–Trinajstić information content (AvgIpc) is 2.64. The minimum absolute atomic E-state index is 0.501. The fourth-order valence-electron chi connectivity index (χ4n) is 2.69. The molecular formula is C19H25N3O3. The highest BCUT2D eigenvalue weighted by Gasteiger charge is 2.10. The third kappa shape index (κ3) is 5.01. The Hall–Kier alpha value is -2.44. The van der Waals surface area contributed by atoms with Gasteiger partial charge in [-0.1, -0.05) is 12.1 Å². The van der Waals surface area contributed by atoms with Crippen LogP contribution in [-0.4, -0.2) is 44.4 Å². The van der Waals surface area contributed by atoms with Crippen LogP contribution in [0.25, 0.3) is 0 Å². The number of anilines is 2. The van der Waals surface area contributed by atoms with Crippen LogP contribution in [0.4, 0.5) is 11.4 Å². The molecule has 4 N–H and O–H groups in total. The maximum absolute atomic E-state index is 5.92. The third-order valence-electron chi connectivity index (χ3n) is 4.12. The first-order chi connectivity index (χ1) is 12.2. The molecule has 0 bridgehead atoms. The molecule has 0 unspecified atom stereocenters. The summed E-state index contributed by atoms with van der Waals surface area (Å²) in [5.74, 6) is 2.02. The molecule has 2 aromatic carbocycles. The maximum Gasteiger partial charge on any atom is 0.169 e. The minimum atomic E-state index is 0.501. The second-order valence-corrected chi connectivity index (χ2v) is 6.00. The van der Waals surface area contributed by atoms with Crippen molar-refractivity contribution in [1.82, 2.24) is 4.90 Å². The van der Waals surface area contributed by atoms with Crippen molar-refractivity contribution < 1.29 is 14.2 Å². The van der Waals surface area contributed by atoms with Gasteiger partial charge in [-0.05, 0) is 30.7 Å². The number of benzene rings is 2. The molecule has 0 spiro atoms. The number of para-hydroxylation sites is 2. The molecule has 1 saturated heterocycles. The molecule has 1 aliphatic rings. The fourth-order valence-corrected chi connectivity index (χ4v) is 2.69. The van der Waals surface area contributed by atoms with Crippen LogP contribution in [0, 0.1) is 0 Å². The molecule has 134 valence electrons. The van der Waals surface area contributed by atoms with E-state index in [0.717, 1.165) is 45.0 Å². The molecule has 0 amide bonds. The third-order valence-corrected chi connectivity index (χ3v) is 4.12. The lowest BCUT2D eigenvalue weighted by molar-refractivity contribution is 0.0357. The van der Waals surface area contributed by atoms with E-state index in [1.165, 1.54) is 0 Å². The fraction of sp³-hybridized carbons (Fsp3) is 0.368. The Balaban J connectivity index is 1.54. The molecule has 0 aromatic heterocycles. The Morgan fingerprint density at radius 2 is 1.72 bits per heavy atom. The number of nitrogen functional groups attached to an aromatic ring is 2. The number of nitrogens with two attached hydrogens (primary N) is 2. The van der Waals surface area contributed by atoms with Crippen LogP contribution in [0.3, 0.4) is 0 Å². The van der Waals surface area contributed by atoms with Gasteiger partial charge in [-0.3, -0.25) is 4.90 Å². The molecule has 0 saturated carbocycles. The largest absolute Gasteiger partial charge is 0.490 e. The van der Waals surface area contributed by atoms with E-state index in [1.807, 2.05) is 24.3 Å². The van der Waals surface area contributed by atoms with E-state index < -0.39 is 0 Å². The van der Waals surface area contributed by atoms with Gasteiger partial charge in [0.2, 0.25) is 0 Å². The van der Waals surface area contributed by atoms with Crippen LogP contribution in [-0.2, 0) is 4.74 Å². The van der Waals surface area contributed by atoms with Crippen LogP contribution >= 0.6 is 0 Å². The lowest BCUT2D eigenvalue weighted by Gasteiger charge is -2.26. The highest BCUT2D eigenvalue weighted by atomic mass is 16.5. The highest BCUT2D eigenvalue weighted by molar-refractivity contribution is 5.65. The van der Waals surface area contributed by atoms with Gasteiger partial charge >= 0.3 is 0 Å². The monoisotopic (exact) mass is 343 g/mol. The molecule has 0 aliphatic carbocycles. The van der Waals surface area contributed by atoms with Crippen molar-refractivity contribution in [3.8, 4) is 17.2 Å². The molecule has 6 nitrogen and oxygen atoms in total. The summed E-state index contributed by atoms with van der Waals surface area (Å²) in [6.07, 6.45) is 0.961. The van der Waals surface area contributed by atoms with Gasteiger partial charge in [0.1, 0.15) is 5.75 Å². The molecule has 0 atom stereocenters. The molecule has 2 aromatic rings. The predicted molar refractivity (Wildman–Crippen MR) is 99.2 cm³/mol. The second kappa shape index (κ2) is 8.60. The van der Waals surface area contributed by atoms with Gasteiger partial charge in [0, 0.05) is 25.7 Å². The highest BCUT2D eigenvalue weighted by Crippen LogP contribution is 2.33. The van der Waals surface area contributed by atoms with E-state index in [2.05, 4.69) is 4.90 Å². The summed E-state index contributed by atoms with van der Waals surface area (Å²) in [7, 11) is 0. The van der Waals surface area contributed by atoms with Gasteiger partial charge in [0.25, 0.3) is 0 Å². The quantitative estimate of drug-likeness (QED) is 0.594. The summed E-state index contributed by atoms with van der Waals surface area (Å²) in [4.78, 5) is 2.40. The summed E-state index contributed by atoms with van der Waals surface area (Å²) in [6.45, 7) is 5.30. The molecular weight excluding hydrogens is 318 g/mol. The van der Waals surface area contributed by atoms with Crippen molar-refractivity contribution >= 4 is 11.4 Å². The standard InChI is InChI=1S/C19H25N3O3/c20-16-7-6-15(14-17(16)21)25-19-5-2-1-4-18(19)24-11-3-8-22-9-12-23-13-10-22/h1-2,4-7,14H,3,8-13,20-21H2. The SMILES string of the molecule is Nc1ccc(Oc2ccccc2OCCCN2CCOCC2)cc1N. The van der Waals surface area contributed by atoms with Crippen LogP contribution in [0.5, 0.6) is 17.2 Å². The number of rotatable bonds is 7. The van der Waals surface area contributed by atoms with Crippen LogP contribution in [0.15, 0.2) is 42.5 Å². The van der Waals surface area contributed by atoms with Crippen LogP contribution < -0.4 is 20.9 Å². The summed E-state index contributed by atoms with van der Waals surface area (Å²) in [5.41, 5.74) is 12.6. The lowest BCUT2D eigenvalue weighted by atomic mass is 10.2. The van der Waals surface area contributed by atoms with E-state index in [1.54, 1.807) is 18.2 Å². The zero-order valence-corrected chi connectivity index (χ0v) is 14.3. The van der Waals surface area contributed by atoms with Gasteiger partial charge in [0.05, 0.1) is 31.2 Å². The van der Waals surface area contributed by atoms with E-state index in [9.17, 15) is 0 Å². The van der Waals surface area contributed by atoms with Crippen molar-refractivity contribution in [2.75, 3.05) is 50.9 Å². The normalized spacial score (nSPS) is 15.0. The van der Waals surface area contributed by atoms with Crippen LogP contribution in [0.2, 0.25) is 0 Å².